The Labute approximate surface area is 115 Å². The van der Waals surface area contributed by atoms with Crippen molar-refractivity contribution in [3.63, 3.8) is 0 Å². The minimum Gasteiger partial charge on any atom is -0.334 e. The summed E-state index contributed by atoms with van der Waals surface area (Å²) in [4.78, 5) is 14.3. The number of benzene rings is 1. The van der Waals surface area contributed by atoms with Gasteiger partial charge in [-0.05, 0) is 37.3 Å². The number of carbonyl (C=O) groups excluding carboxylic acids is 1. The van der Waals surface area contributed by atoms with Gasteiger partial charge in [0.1, 0.15) is 0 Å². The molecular weight excluding hydrogens is 236 g/mol. The zero-order valence-electron chi connectivity index (χ0n) is 11.5. The zero-order chi connectivity index (χ0) is 13.8. The summed E-state index contributed by atoms with van der Waals surface area (Å²) in [7, 11) is 0. The van der Waals surface area contributed by atoms with Crippen LogP contribution in [0.25, 0.3) is 0 Å². The first-order chi connectivity index (χ1) is 9.15. The van der Waals surface area contributed by atoms with Crippen LogP contribution in [-0.2, 0) is 4.79 Å². The molecule has 3 nitrogen and oxygen atoms in total. The Balaban J connectivity index is 2.20. The summed E-state index contributed by atoms with van der Waals surface area (Å²) >= 11 is 0. The van der Waals surface area contributed by atoms with Crippen LogP contribution >= 0.6 is 0 Å². The molecule has 1 amide bonds. The Kier molecular flexibility index (Phi) is 4.38. The fraction of sp³-hybridized carbons (Fsp3) is 0.438. The molecule has 1 fully saturated rings. The number of aryl methyl sites for hydroxylation is 1. The number of hydrogen-bond acceptors (Lipinski definition) is 2. The van der Waals surface area contributed by atoms with E-state index in [1.54, 1.807) is 6.08 Å². The molecule has 0 radical (unpaired) electrons. The highest BCUT2D eigenvalue weighted by molar-refractivity contribution is 5.82. The molecule has 0 saturated carbocycles. The van der Waals surface area contributed by atoms with Gasteiger partial charge < -0.3 is 10.6 Å². The maximum absolute atomic E-state index is 12.4. The van der Waals surface area contributed by atoms with Crippen LogP contribution in [0, 0.1) is 6.92 Å². The molecular formula is C16H22N2O. The summed E-state index contributed by atoms with van der Waals surface area (Å²) in [5.41, 5.74) is 8.41. The Morgan fingerprint density at radius 1 is 1.58 bits per heavy atom. The average molecular weight is 258 g/mol. The lowest BCUT2D eigenvalue weighted by atomic mass is 9.99. The molecule has 0 aromatic heterocycles. The average Bonchev–Trinajstić information content (AvgIpc) is 2.87. The highest BCUT2D eigenvalue weighted by Crippen LogP contribution is 2.33. The van der Waals surface area contributed by atoms with Gasteiger partial charge in [0.2, 0.25) is 5.91 Å². The third-order valence-electron chi connectivity index (χ3n) is 3.82. The van der Waals surface area contributed by atoms with Gasteiger partial charge in [-0.25, -0.2) is 0 Å². The van der Waals surface area contributed by atoms with Crippen LogP contribution in [0.5, 0.6) is 0 Å². The molecule has 2 N–H and O–H groups in total. The summed E-state index contributed by atoms with van der Waals surface area (Å²) < 4.78 is 0. The quantitative estimate of drug-likeness (QED) is 0.844. The Bertz CT molecular complexity index is 470. The van der Waals surface area contributed by atoms with E-state index in [-0.39, 0.29) is 11.9 Å². The summed E-state index contributed by atoms with van der Waals surface area (Å²) in [5, 5.41) is 0. The maximum atomic E-state index is 12.4. The molecule has 1 saturated heterocycles. The molecule has 2 rings (SSSR count). The van der Waals surface area contributed by atoms with Gasteiger partial charge in [0.05, 0.1) is 12.1 Å². The van der Waals surface area contributed by atoms with Crippen LogP contribution in [-0.4, -0.2) is 23.4 Å². The van der Waals surface area contributed by atoms with Crippen molar-refractivity contribution in [2.24, 2.45) is 5.73 Å². The van der Waals surface area contributed by atoms with Crippen molar-refractivity contribution in [3.05, 3.63) is 48.0 Å². The lowest BCUT2D eigenvalue weighted by Gasteiger charge is -2.28. The van der Waals surface area contributed by atoms with Gasteiger partial charge in [-0.15, -0.1) is 6.58 Å². The largest absolute Gasteiger partial charge is 0.334 e. The normalized spacial score (nSPS) is 20.3. The van der Waals surface area contributed by atoms with Crippen molar-refractivity contribution < 1.29 is 4.79 Å². The smallest absolute Gasteiger partial charge is 0.240 e. The van der Waals surface area contributed by atoms with Gasteiger partial charge in [-0.2, -0.15) is 0 Å². The highest BCUT2D eigenvalue weighted by atomic mass is 16.2. The van der Waals surface area contributed by atoms with Crippen LogP contribution in [0.1, 0.15) is 36.4 Å². The first kappa shape index (κ1) is 13.8. The summed E-state index contributed by atoms with van der Waals surface area (Å²) in [6.07, 6.45) is 4.32. The Morgan fingerprint density at radius 2 is 2.32 bits per heavy atom. The van der Waals surface area contributed by atoms with Crippen LogP contribution in [0.15, 0.2) is 36.9 Å². The zero-order valence-corrected chi connectivity index (χ0v) is 11.5. The number of hydrogen-bond donors (Lipinski definition) is 1. The van der Waals surface area contributed by atoms with E-state index in [1.165, 1.54) is 11.1 Å². The van der Waals surface area contributed by atoms with Crippen LogP contribution in [0.2, 0.25) is 0 Å². The van der Waals surface area contributed by atoms with Crippen LogP contribution in [0.4, 0.5) is 0 Å². The van der Waals surface area contributed by atoms with E-state index in [4.69, 9.17) is 5.73 Å². The van der Waals surface area contributed by atoms with Crippen molar-refractivity contribution >= 4 is 5.91 Å². The van der Waals surface area contributed by atoms with E-state index >= 15 is 0 Å². The lowest BCUT2D eigenvalue weighted by molar-refractivity contribution is -0.133. The van der Waals surface area contributed by atoms with Crippen molar-refractivity contribution in [2.75, 3.05) is 6.54 Å². The van der Waals surface area contributed by atoms with Gasteiger partial charge >= 0.3 is 0 Å². The van der Waals surface area contributed by atoms with Crippen molar-refractivity contribution in [3.8, 4) is 0 Å². The van der Waals surface area contributed by atoms with E-state index in [1.807, 2.05) is 17.0 Å². The summed E-state index contributed by atoms with van der Waals surface area (Å²) in [5.74, 6) is 0.0469. The number of nitrogens with zero attached hydrogens (tertiary/aromatic N) is 1. The summed E-state index contributed by atoms with van der Waals surface area (Å²) in [6, 6.07) is 8.01. The van der Waals surface area contributed by atoms with E-state index < -0.39 is 6.04 Å². The molecule has 102 valence electrons. The highest BCUT2D eigenvalue weighted by Gasteiger charge is 2.32. The molecule has 1 aliphatic heterocycles. The maximum Gasteiger partial charge on any atom is 0.240 e. The minimum absolute atomic E-state index is 0.0469. The van der Waals surface area contributed by atoms with Crippen molar-refractivity contribution in [1.29, 1.82) is 0 Å². The Morgan fingerprint density at radius 3 is 3.00 bits per heavy atom. The van der Waals surface area contributed by atoms with Gasteiger partial charge in [0.15, 0.2) is 0 Å². The van der Waals surface area contributed by atoms with E-state index in [0.717, 1.165) is 19.4 Å². The number of carbonyl (C=O) groups is 1. The van der Waals surface area contributed by atoms with Gasteiger partial charge in [0, 0.05) is 6.54 Å². The molecule has 0 aliphatic carbocycles. The second-order valence-corrected chi connectivity index (χ2v) is 5.18. The molecule has 0 spiro atoms. The number of nitrogens with two attached hydrogens (primary N) is 1. The molecule has 2 unspecified atom stereocenters. The van der Waals surface area contributed by atoms with Crippen molar-refractivity contribution in [2.45, 2.75) is 38.3 Å². The molecule has 1 aromatic rings. The predicted octanol–water partition coefficient (Wildman–Crippen LogP) is 2.56. The molecule has 0 bridgehead atoms. The van der Waals surface area contributed by atoms with Gasteiger partial charge in [0.25, 0.3) is 0 Å². The van der Waals surface area contributed by atoms with Crippen LogP contribution in [0.3, 0.4) is 0 Å². The SMILES string of the molecule is C=CCC(N)C(=O)N1CCCC1c1ccccc1C. The molecule has 1 heterocycles. The van der Waals surface area contributed by atoms with E-state index in [0.29, 0.717) is 6.42 Å². The first-order valence-corrected chi connectivity index (χ1v) is 6.87. The third-order valence-corrected chi connectivity index (χ3v) is 3.82. The minimum atomic E-state index is -0.456. The standard InChI is InChI=1S/C16H22N2O/c1-3-7-14(17)16(19)18-11-6-10-15(18)13-9-5-4-8-12(13)2/h3-5,8-9,14-15H,1,6-7,10-11,17H2,2H3. The molecule has 2 atom stereocenters. The Hall–Kier alpha value is -1.61. The number of amides is 1. The van der Waals surface area contributed by atoms with E-state index in [9.17, 15) is 4.79 Å². The lowest BCUT2D eigenvalue weighted by Crippen LogP contribution is -2.43. The molecule has 3 heteroatoms. The van der Waals surface area contributed by atoms with Crippen LogP contribution < -0.4 is 5.73 Å². The fourth-order valence-electron chi connectivity index (χ4n) is 2.81. The molecule has 1 aliphatic rings. The first-order valence-electron chi connectivity index (χ1n) is 6.87. The van der Waals surface area contributed by atoms with E-state index in [2.05, 4.69) is 25.6 Å². The van der Waals surface area contributed by atoms with Crippen molar-refractivity contribution in [1.82, 2.24) is 4.90 Å². The van der Waals surface area contributed by atoms with Gasteiger partial charge in [-0.3, -0.25) is 4.79 Å². The topological polar surface area (TPSA) is 46.3 Å². The molecule has 19 heavy (non-hydrogen) atoms. The third kappa shape index (κ3) is 2.87. The second kappa shape index (κ2) is 6.02. The fourth-order valence-corrected chi connectivity index (χ4v) is 2.81. The number of likely N-dealkylation sites (tertiary alicyclic amines) is 1. The monoisotopic (exact) mass is 258 g/mol. The second-order valence-electron chi connectivity index (χ2n) is 5.18. The predicted molar refractivity (Wildman–Crippen MR) is 77.7 cm³/mol. The summed E-state index contributed by atoms with van der Waals surface area (Å²) in [6.45, 7) is 6.56. The molecule has 1 aromatic carbocycles. The van der Waals surface area contributed by atoms with Gasteiger partial charge in [-0.1, -0.05) is 30.3 Å². The number of rotatable bonds is 4.